The molecule has 10 nitrogen and oxygen atoms in total. The SMILES string of the molecule is [N-]=[N+]=NC(=O)[C@H](Cc1cnc[nH]1)NC(=O)C(=Cc1ccccc1)CC(=O)NCc1cccc2ccccc12. The molecular weight excluding hydrogens is 482 g/mol. The Morgan fingerprint density at radius 3 is 2.55 bits per heavy atom. The third kappa shape index (κ3) is 6.93. The number of hydrogen-bond acceptors (Lipinski definition) is 4. The van der Waals surface area contributed by atoms with Crippen molar-refractivity contribution in [2.45, 2.75) is 25.4 Å². The van der Waals surface area contributed by atoms with E-state index in [1.807, 2.05) is 60.7 Å². The lowest BCUT2D eigenvalue weighted by molar-refractivity contribution is -0.126. The largest absolute Gasteiger partial charge is 0.352 e. The average molecular weight is 508 g/mol. The van der Waals surface area contributed by atoms with Crippen LogP contribution in [0.2, 0.25) is 0 Å². The summed E-state index contributed by atoms with van der Waals surface area (Å²) in [5.41, 5.74) is 11.1. The molecule has 0 aliphatic carbocycles. The Bertz CT molecular complexity index is 1500. The average Bonchev–Trinajstić information content (AvgIpc) is 3.45. The fourth-order valence-corrected chi connectivity index (χ4v) is 4.00. The number of carbonyl (C=O) groups is 3. The Labute approximate surface area is 218 Å². The fraction of sp³-hybridized carbons (Fsp3) is 0.143. The van der Waals surface area contributed by atoms with Gasteiger partial charge in [-0.2, -0.15) is 0 Å². The highest BCUT2D eigenvalue weighted by atomic mass is 16.2. The first kappa shape index (κ1) is 25.9. The fourth-order valence-electron chi connectivity index (χ4n) is 4.00. The zero-order valence-corrected chi connectivity index (χ0v) is 20.4. The Kier molecular flexibility index (Phi) is 8.62. The van der Waals surface area contributed by atoms with Crippen LogP contribution in [0.4, 0.5) is 0 Å². The molecule has 4 aromatic rings. The van der Waals surface area contributed by atoms with Gasteiger partial charge in [-0.15, -0.1) is 0 Å². The standard InChI is InChI=1S/C28H25N7O3/c29-35-34-28(38)25(15-23-17-30-18-32-23)33-27(37)22(13-19-7-2-1-3-8-19)14-26(36)31-16-21-11-6-10-20-9-4-5-12-24(20)21/h1-13,17-18,25H,14-16H2,(H,30,32)(H,31,36)(H,33,37)/t25-/m0/s1. The molecule has 0 bridgehead atoms. The number of amides is 3. The summed E-state index contributed by atoms with van der Waals surface area (Å²) in [5, 5.41) is 10.7. The maximum atomic E-state index is 13.3. The van der Waals surface area contributed by atoms with E-state index in [4.69, 9.17) is 5.53 Å². The number of fused-ring (bicyclic) bond motifs is 1. The van der Waals surface area contributed by atoms with Crippen molar-refractivity contribution < 1.29 is 14.4 Å². The first-order valence-electron chi connectivity index (χ1n) is 11.9. The number of imidazole rings is 1. The van der Waals surface area contributed by atoms with E-state index in [1.54, 1.807) is 18.2 Å². The van der Waals surface area contributed by atoms with Crippen molar-refractivity contribution in [1.82, 2.24) is 20.6 Å². The summed E-state index contributed by atoms with van der Waals surface area (Å²) in [6.07, 6.45) is 4.35. The van der Waals surface area contributed by atoms with E-state index >= 15 is 0 Å². The number of carbonyl (C=O) groups excluding carboxylic acids is 3. The molecule has 3 amide bonds. The molecule has 0 radical (unpaired) electrons. The summed E-state index contributed by atoms with van der Waals surface area (Å²) in [6.45, 7) is 0.290. The normalized spacial score (nSPS) is 11.8. The van der Waals surface area contributed by atoms with E-state index in [-0.39, 0.29) is 30.9 Å². The summed E-state index contributed by atoms with van der Waals surface area (Å²) in [6, 6.07) is 21.7. The van der Waals surface area contributed by atoms with Crippen molar-refractivity contribution in [3.05, 3.63) is 118 Å². The molecule has 0 unspecified atom stereocenters. The van der Waals surface area contributed by atoms with Crippen LogP contribution in [0.3, 0.4) is 0 Å². The van der Waals surface area contributed by atoms with Crippen LogP contribution in [0.5, 0.6) is 0 Å². The van der Waals surface area contributed by atoms with Gasteiger partial charge in [0.2, 0.25) is 17.7 Å². The minimum absolute atomic E-state index is 0.0372. The van der Waals surface area contributed by atoms with Crippen LogP contribution in [0.15, 0.2) is 96.0 Å². The first-order chi connectivity index (χ1) is 18.5. The van der Waals surface area contributed by atoms with Crippen LogP contribution in [0, 0.1) is 0 Å². The minimum Gasteiger partial charge on any atom is -0.352 e. The van der Waals surface area contributed by atoms with E-state index in [0.29, 0.717) is 11.3 Å². The van der Waals surface area contributed by atoms with E-state index in [0.717, 1.165) is 16.3 Å². The summed E-state index contributed by atoms with van der Waals surface area (Å²) in [4.78, 5) is 48.0. The third-order valence-electron chi connectivity index (χ3n) is 5.86. The number of nitrogens with zero attached hydrogens (tertiary/aromatic N) is 4. The Morgan fingerprint density at radius 1 is 1.03 bits per heavy atom. The monoisotopic (exact) mass is 507 g/mol. The molecule has 3 aromatic carbocycles. The van der Waals surface area contributed by atoms with Crippen molar-refractivity contribution >= 4 is 34.6 Å². The molecule has 0 spiro atoms. The number of rotatable bonds is 10. The molecule has 0 aliphatic rings. The third-order valence-corrected chi connectivity index (χ3v) is 5.86. The Balaban J connectivity index is 1.52. The van der Waals surface area contributed by atoms with Crippen molar-refractivity contribution in [3.63, 3.8) is 0 Å². The summed E-state index contributed by atoms with van der Waals surface area (Å²) in [7, 11) is 0. The molecular formula is C28H25N7O3. The molecule has 0 fully saturated rings. The second-order valence-corrected chi connectivity index (χ2v) is 8.51. The topological polar surface area (TPSA) is 153 Å². The van der Waals surface area contributed by atoms with Gasteiger partial charge in [-0.3, -0.25) is 14.4 Å². The van der Waals surface area contributed by atoms with Gasteiger partial charge < -0.3 is 15.6 Å². The zero-order valence-electron chi connectivity index (χ0n) is 20.4. The van der Waals surface area contributed by atoms with E-state index in [9.17, 15) is 14.4 Å². The van der Waals surface area contributed by atoms with Crippen LogP contribution >= 0.6 is 0 Å². The van der Waals surface area contributed by atoms with E-state index < -0.39 is 17.9 Å². The Morgan fingerprint density at radius 2 is 1.79 bits per heavy atom. The smallest absolute Gasteiger partial charge is 0.248 e. The van der Waals surface area contributed by atoms with Crippen LogP contribution in [0.1, 0.15) is 23.2 Å². The van der Waals surface area contributed by atoms with Crippen molar-refractivity contribution in [2.75, 3.05) is 0 Å². The second-order valence-electron chi connectivity index (χ2n) is 8.51. The highest BCUT2D eigenvalue weighted by Crippen LogP contribution is 2.18. The zero-order chi connectivity index (χ0) is 26.7. The minimum atomic E-state index is -1.14. The van der Waals surface area contributed by atoms with Crippen molar-refractivity contribution in [2.24, 2.45) is 5.11 Å². The molecule has 10 heteroatoms. The second kappa shape index (κ2) is 12.7. The molecule has 0 saturated carbocycles. The van der Waals surface area contributed by atoms with Gasteiger partial charge >= 0.3 is 0 Å². The number of aromatic amines is 1. The van der Waals surface area contributed by atoms with Gasteiger partial charge in [-0.25, -0.2) is 4.98 Å². The predicted octanol–water partition coefficient (Wildman–Crippen LogP) is 4.22. The highest BCUT2D eigenvalue weighted by Gasteiger charge is 2.24. The van der Waals surface area contributed by atoms with Crippen molar-refractivity contribution in [1.29, 1.82) is 0 Å². The number of azide groups is 1. The summed E-state index contributed by atoms with van der Waals surface area (Å²) < 4.78 is 0. The van der Waals surface area contributed by atoms with Gasteiger partial charge in [0.25, 0.3) is 0 Å². The number of H-pyrrole nitrogens is 1. The number of nitrogens with one attached hydrogen (secondary N) is 3. The summed E-state index contributed by atoms with van der Waals surface area (Å²) in [5.74, 6) is -1.84. The maximum Gasteiger partial charge on any atom is 0.248 e. The van der Waals surface area contributed by atoms with Gasteiger partial charge in [0.1, 0.15) is 6.04 Å². The van der Waals surface area contributed by atoms with Gasteiger partial charge in [-0.05, 0) is 38.6 Å². The molecule has 3 N–H and O–H groups in total. The van der Waals surface area contributed by atoms with Crippen molar-refractivity contribution in [3.8, 4) is 0 Å². The highest BCUT2D eigenvalue weighted by molar-refractivity contribution is 6.04. The predicted molar refractivity (Wildman–Crippen MR) is 143 cm³/mol. The van der Waals surface area contributed by atoms with Gasteiger partial charge in [0, 0.05) is 35.3 Å². The molecule has 0 saturated heterocycles. The quantitative estimate of drug-likeness (QED) is 0.127. The lowest BCUT2D eigenvalue weighted by atomic mass is 10.0. The Hall–Kier alpha value is -5.21. The molecule has 1 heterocycles. The number of benzene rings is 3. The molecule has 1 atom stereocenters. The first-order valence-corrected chi connectivity index (χ1v) is 11.9. The molecule has 1 aromatic heterocycles. The van der Waals surface area contributed by atoms with E-state index in [1.165, 1.54) is 12.5 Å². The van der Waals surface area contributed by atoms with Crippen LogP contribution in [-0.4, -0.2) is 33.7 Å². The molecule has 38 heavy (non-hydrogen) atoms. The van der Waals surface area contributed by atoms with Crippen LogP contribution < -0.4 is 10.6 Å². The lowest BCUT2D eigenvalue weighted by Crippen LogP contribution is -2.43. The maximum absolute atomic E-state index is 13.3. The van der Waals surface area contributed by atoms with Gasteiger partial charge in [0.15, 0.2) is 0 Å². The van der Waals surface area contributed by atoms with Gasteiger partial charge in [-0.1, -0.05) is 72.8 Å². The van der Waals surface area contributed by atoms with Crippen LogP contribution in [-0.2, 0) is 27.3 Å². The number of aromatic nitrogens is 2. The summed E-state index contributed by atoms with van der Waals surface area (Å²) >= 11 is 0. The number of hydrogen-bond donors (Lipinski definition) is 3. The molecule has 0 aliphatic heterocycles. The van der Waals surface area contributed by atoms with Crippen LogP contribution in [0.25, 0.3) is 27.3 Å². The molecule has 4 rings (SSSR count). The molecule has 190 valence electrons. The lowest BCUT2D eigenvalue weighted by Gasteiger charge is -2.17. The van der Waals surface area contributed by atoms with Gasteiger partial charge in [0.05, 0.1) is 12.7 Å². The van der Waals surface area contributed by atoms with E-state index in [2.05, 4.69) is 30.6 Å².